The van der Waals surface area contributed by atoms with Crippen molar-refractivity contribution in [2.45, 2.75) is 50.7 Å². The smallest absolute Gasteiger partial charge is 0.223 e. The number of amides is 2. The fraction of sp³-hybridized carbons (Fsp3) is 0.579. The molecule has 1 aliphatic heterocycles. The molecular formula is C19H25FN2O3. The fourth-order valence-electron chi connectivity index (χ4n) is 3.12. The van der Waals surface area contributed by atoms with Gasteiger partial charge in [-0.3, -0.25) is 9.59 Å². The Morgan fingerprint density at radius 2 is 1.96 bits per heavy atom. The van der Waals surface area contributed by atoms with E-state index in [1.807, 2.05) is 0 Å². The molecule has 0 unspecified atom stereocenters. The van der Waals surface area contributed by atoms with Gasteiger partial charge in [-0.25, -0.2) is 4.39 Å². The van der Waals surface area contributed by atoms with Gasteiger partial charge in [-0.1, -0.05) is 12.1 Å². The van der Waals surface area contributed by atoms with Crippen LogP contribution in [0.5, 0.6) is 0 Å². The van der Waals surface area contributed by atoms with E-state index < -0.39 is 0 Å². The third-order valence-corrected chi connectivity index (χ3v) is 4.71. The first kappa shape index (κ1) is 17.9. The molecule has 3 rings (SSSR count). The molecule has 0 spiro atoms. The zero-order valence-electron chi connectivity index (χ0n) is 14.3. The van der Waals surface area contributed by atoms with Gasteiger partial charge in [0.05, 0.1) is 12.1 Å². The summed E-state index contributed by atoms with van der Waals surface area (Å²) < 4.78 is 18.9. The summed E-state index contributed by atoms with van der Waals surface area (Å²) in [5.41, 5.74) is 0.851. The third-order valence-electron chi connectivity index (χ3n) is 4.71. The Hall–Kier alpha value is -1.95. The largest absolute Gasteiger partial charge is 0.376 e. The molecule has 1 saturated heterocycles. The average molecular weight is 348 g/mol. The summed E-state index contributed by atoms with van der Waals surface area (Å²) in [5.74, 6) is -0.0850. The molecule has 2 aliphatic rings. The number of carbonyl (C=O) groups is 2. The first-order valence-corrected chi connectivity index (χ1v) is 9.07. The molecule has 1 aromatic carbocycles. The van der Waals surface area contributed by atoms with Crippen LogP contribution in [-0.2, 0) is 14.3 Å². The molecule has 2 fully saturated rings. The topological polar surface area (TPSA) is 67.4 Å². The van der Waals surface area contributed by atoms with Crippen LogP contribution in [0.1, 0.15) is 50.1 Å². The molecule has 1 heterocycles. The van der Waals surface area contributed by atoms with Crippen molar-refractivity contribution in [2.75, 3.05) is 13.2 Å². The second-order valence-corrected chi connectivity index (χ2v) is 6.82. The Morgan fingerprint density at radius 1 is 1.20 bits per heavy atom. The number of hydrogen-bond donors (Lipinski definition) is 2. The minimum Gasteiger partial charge on any atom is -0.376 e. The summed E-state index contributed by atoms with van der Waals surface area (Å²) in [7, 11) is 0. The van der Waals surface area contributed by atoms with Crippen molar-refractivity contribution < 1.29 is 18.7 Å². The molecule has 0 radical (unpaired) electrons. The summed E-state index contributed by atoms with van der Waals surface area (Å²) >= 11 is 0. The standard InChI is InChI=1S/C19H25FN2O3/c20-15-9-7-13(8-10-15)18(16-3-2-12-25-16)22-17(23)4-1-11-21-19(24)14-5-6-14/h7-10,14,16,18H,1-6,11-12H2,(H,21,24)(H,22,23)/t16-,18+/m1/s1. The molecule has 2 atom stereocenters. The summed E-state index contributed by atoms with van der Waals surface area (Å²) in [6.07, 6.45) is 4.66. The molecule has 2 amide bonds. The SMILES string of the molecule is O=C(CCCNC(=O)C1CC1)N[C@@H](c1ccc(F)cc1)[C@H]1CCCO1. The lowest BCUT2D eigenvalue weighted by Gasteiger charge is -2.25. The third kappa shape index (κ3) is 5.26. The fourth-order valence-corrected chi connectivity index (χ4v) is 3.12. The summed E-state index contributed by atoms with van der Waals surface area (Å²) in [6.45, 7) is 1.20. The Balaban J connectivity index is 1.49. The molecule has 25 heavy (non-hydrogen) atoms. The summed E-state index contributed by atoms with van der Waals surface area (Å²) in [4.78, 5) is 23.8. The maximum Gasteiger partial charge on any atom is 0.223 e. The lowest BCUT2D eigenvalue weighted by Crippen LogP contribution is -2.36. The van der Waals surface area contributed by atoms with Crippen LogP contribution in [0.4, 0.5) is 4.39 Å². The highest BCUT2D eigenvalue weighted by Crippen LogP contribution is 2.29. The molecule has 2 N–H and O–H groups in total. The minimum absolute atomic E-state index is 0.0782. The van der Waals surface area contributed by atoms with Crippen molar-refractivity contribution in [3.05, 3.63) is 35.6 Å². The van der Waals surface area contributed by atoms with Gasteiger partial charge in [0.2, 0.25) is 11.8 Å². The predicted octanol–water partition coefficient (Wildman–Crippen LogP) is 2.47. The van der Waals surface area contributed by atoms with E-state index in [0.717, 1.165) is 31.2 Å². The quantitative estimate of drug-likeness (QED) is 0.709. The van der Waals surface area contributed by atoms with Crippen LogP contribution in [-0.4, -0.2) is 31.1 Å². The van der Waals surface area contributed by atoms with Crippen molar-refractivity contribution in [3.63, 3.8) is 0 Å². The Morgan fingerprint density at radius 3 is 2.60 bits per heavy atom. The van der Waals surface area contributed by atoms with Crippen LogP contribution < -0.4 is 10.6 Å². The first-order chi connectivity index (χ1) is 12.1. The molecule has 6 heteroatoms. The molecule has 0 bridgehead atoms. The van der Waals surface area contributed by atoms with Crippen LogP contribution in [0.25, 0.3) is 0 Å². The molecule has 1 aliphatic carbocycles. The molecular weight excluding hydrogens is 323 g/mol. The maximum absolute atomic E-state index is 13.2. The van der Waals surface area contributed by atoms with Crippen molar-refractivity contribution >= 4 is 11.8 Å². The van der Waals surface area contributed by atoms with E-state index in [0.29, 0.717) is 26.0 Å². The lowest BCUT2D eigenvalue weighted by atomic mass is 9.99. The summed E-state index contributed by atoms with van der Waals surface area (Å²) in [6, 6.07) is 5.92. The number of carbonyl (C=O) groups excluding carboxylic acids is 2. The first-order valence-electron chi connectivity index (χ1n) is 9.07. The number of halogens is 1. The van der Waals surface area contributed by atoms with Crippen molar-refractivity contribution in [1.82, 2.24) is 10.6 Å². The Kier molecular flexibility index (Phi) is 6.02. The average Bonchev–Trinajstić information content (AvgIpc) is 3.33. The van der Waals surface area contributed by atoms with Crippen molar-refractivity contribution in [2.24, 2.45) is 5.92 Å². The molecule has 1 saturated carbocycles. The number of nitrogens with one attached hydrogen (secondary N) is 2. The van der Waals surface area contributed by atoms with Gasteiger partial charge in [0, 0.05) is 25.5 Å². The van der Waals surface area contributed by atoms with E-state index in [2.05, 4.69) is 10.6 Å². The molecule has 136 valence electrons. The van der Waals surface area contributed by atoms with Gasteiger partial charge >= 0.3 is 0 Å². The highest BCUT2D eigenvalue weighted by atomic mass is 19.1. The van der Waals surface area contributed by atoms with Crippen LogP contribution >= 0.6 is 0 Å². The van der Waals surface area contributed by atoms with Gasteiger partial charge < -0.3 is 15.4 Å². The van der Waals surface area contributed by atoms with Gasteiger partial charge in [-0.15, -0.1) is 0 Å². The van der Waals surface area contributed by atoms with Crippen LogP contribution in [0.3, 0.4) is 0 Å². The second kappa shape index (κ2) is 8.43. The summed E-state index contributed by atoms with van der Waals surface area (Å²) in [5, 5.41) is 5.88. The van der Waals surface area contributed by atoms with Crippen LogP contribution in [0, 0.1) is 11.7 Å². The van der Waals surface area contributed by atoms with E-state index >= 15 is 0 Å². The van der Waals surface area contributed by atoms with Crippen molar-refractivity contribution in [3.8, 4) is 0 Å². The van der Waals surface area contributed by atoms with Gasteiger partial charge in [0.25, 0.3) is 0 Å². The van der Waals surface area contributed by atoms with E-state index in [1.54, 1.807) is 12.1 Å². The molecule has 0 aromatic heterocycles. The number of ether oxygens (including phenoxy) is 1. The predicted molar refractivity (Wildman–Crippen MR) is 91.2 cm³/mol. The zero-order chi connectivity index (χ0) is 17.6. The zero-order valence-corrected chi connectivity index (χ0v) is 14.3. The van der Waals surface area contributed by atoms with Gasteiger partial charge in [0.1, 0.15) is 5.82 Å². The van der Waals surface area contributed by atoms with E-state index in [9.17, 15) is 14.0 Å². The van der Waals surface area contributed by atoms with Crippen molar-refractivity contribution in [1.29, 1.82) is 0 Å². The van der Waals surface area contributed by atoms with Crippen LogP contribution in [0.2, 0.25) is 0 Å². The normalized spacial score (nSPS) is 20.9. The van der Waals surface area contributed by atoms with Gasteiger partial charge in [-0.2, -0.15) is 0 Å². The highest BCUT2D eigenvalue weighted by Gasteiger charge is 2.30. The monoisotopic (exact) mass is 348 g/mol. The van der Waals surface area contributed by atoms with E-state index in [4.69, 9.17) is 4.74 Å². The van der Waals surface area contributed by atoms with Crippen LogP contribution in [0.15, 0.2) is 24.3 Å². The number of benzene rings is 1. The maximum atomic E-state index is 13.2. The number of hydrogen-bond acceptors (Lipinski definition) is 3. The second-order valence-electron chi connectivity index (χ2n) is 6.82. The highest BCUT2D eigenvalue weighted by molar-refractivity contribution is 5.81. The molecule has 5 nitrogen and oxygen atoms in total. The Labute approximate surface area is 147 Å². The number of rotatable bonds is 8. The van der Waals surface area contributed by atoms with Gasteiger partial charge in [-0.05, 0) is 49.8 Å². The Bertz CT molecular complexity index is 595. The minimum atomic E-state index is -0.299. The molecule has 1 aromatic rings. The van der Waals surface area contributed by atoms with E-state index in [-0.39, 0.29) is 35.7 Å². The van der Waals surface area contributed by atoms with E-state index in [1.165, 1.54) is 12.1 Å². The lowest BCUT2D eigenvalue weighted by molar-refractivity contribution is -0.124. The van der Waals surface area contributed by atoms with Gasteiger partial charge in [0.15, 0.2) is 0 Å².